The van der Waals surface area contributed by atoms with E-state index in [1.165, 1.54) is 10.4 Å². The summed E-state index contributed by atoms with van der Waals surface area (Å²) in [5, 5.41) is 6.16. The van der Waals surface area contributed by atoms with Gasteiger partial charge in [-0.1, -0.05) is 32.0 Å². The van der Waals surface area contributed by atoms with Crippen molar-refractivity contribution in [3.05, 3.63) is 48.0 Å². The van der Waals surface area contributed by atoms with E-state index in [9.17, 15) is 13.2 Å². The molecule has 0 radical (unpaired) electrons. The largest absolute Gasteiger partial charge is 0.378 e. The number of nitrogens with one attached hydrogen (secondary N) is 2. The van der Waals surface area contributed by atoms with Gasteiger partial charge < -0.3 is 20.3 Å². The number of rotatable bonds is 9. The van der Waals surface area contributed by atoms with Gasteiger partial charge in [-0.05, 0) is 43.7 Å². The number of carbonyl (C=O) groups is 1. The topological polar surface area (TPSA) is 91.0 Å². The molecule has 1 aliphatic heterocycles. The third kappa shape index (κ3) is 5.85. The number of hydrogen-bond acceptors (Lipinski definition) is 6. The van der Waals surface area contributed by atoms with Crippen LogP contribution in [0.25, 0.3) is 0 Å². The number of nitrogens with zero attached hydrogens (tertiary/aromatic N) is 2. The molecule has 0 saturated carbocycles. The zero-order chi connectivity index (χ0) is 24.0. The zero-order valence-corrected chi connectivity index (χ0v) is 20.6. The Morgan fingerprint density at radius 2 is 1.79 bits per heavy atom. The Labute approximate surface area is 197 Å². The van der Waals surface area contributed by atoms with Crippen molar-refractivity contribution in [3.8, 4) is 0 Å². The molecule has 33 heavy (non-hydrogen) atoms. The van der Waals surface area contributed by atoms with Crippen molar-refractivity contribution in [2.45, 2.75) is 38.6 Å². The first kappa shape index (κ1) is 25.0. The monoisotopic (exact) mass is 474 g/mol. The van der Waals surface area contributed by atoms with Crippen LogP contribution in [0.3, 0.4) is 0 Å². The summed E-state index contributed by atoms with van der Waals surface area (Å²) in [6.07, 6.45) is 0. The van der Waals surface area contributed by atoms with Crippen LogP contribution < -0.4 is 15.5 Å². The summed E-state index contributed by atoms with van der Waals surface area (Å²) in [5.41, 5.74) is 3.00. The molecular weight excluding hydrogens is 440 g/mol. The third-order valence-corrected chi connectivity index (χ3v) is 7.99. The molecule has 0 aromatic heterocycles. The molecule has 1 aliphatic rings. The molecule has 8 nitrogen and oxygen atoms in total. The SMILES string of the molecule is CCN(CC)S(=O)(=O)c1cc(NC(=O)[C@H](C)Nc2ccccc2N2CCOCC2)ccc1C. The van der Waals surface area contributed by atoms with Crippen molar-refractivity contribution in [2.75, 3.05) is 54.9 Å². The van der Waals surface area contributed by atoms with Gasteiger partial charge in [-0.3, -0.25) is 4.79 Å². The van der Waals surface area contributed by atoms with Crippen molar-refractivity contribution in [1.29, 1.82) is 0 Å². The lowest BCUT2D eigenvalue weighted by Gasteiger charge is -2.31. The van der Waals surface area contributed by atoms with E-state index in [0.29, 0.717) is 37.6 Å². The van der Waals surface area contributed by atoms with Crippen molar-refractivity contribution < 1.29 is 17.9 Å². The second-order valence-corrected chi connectivity index (χ2v) is 9.95. The van der Waals surface area contributed by atoms with Crippen molar-refractivity contribution in [3.63, 3.8) is 0 Å². The average molecular weight is 475 g/mol. The molecule has 9 heteroatoms. The number of carbonyl (C=O) groups excluding carboxylic acids is 1. The Morgan fingerprint density at radius 1 is 1.12 bits per heavy atom. The maximum atomic E-state index is 13.0. The summed E-state index contributed by atoms with van der Waals surface area (Å²) in [5.74, 6) is -0.248. The predicted octanol–water partition coefficient (Wildman–Crippen LogP) is 3.30. The van der Waals surface area contributed by atoms with Gasteiger partial charge in [0.2, 0.25) is 15.9 Å². The lowest BCUT2D eigenvalue weighted by Crippen LogP contribution is -2.37. The number of amides is 1. The molecule has 2 aromatic carbocycles. The van der Waals surface area contributed by atoms with Crippen LogP contribution in [0, 0.1) is 6.92 Å². The van der Waals surface area contributed by atoms with Crippen LogP contribution in [0.4, 0.5) is 17.1 Å². The van der Waals surface area contributed by atoms with E-state index in [0.717, 1.165) is 24.5 Å². The molecule has 1 amide bonds. The number of morpholine rings is 1. The van der Waals surface area contributed by atoms with Gasteiger partial charge in [-0.15, -0.1) is 0 Å². The van der Waals surface area contributed by atoms with E-state index < -0.39 is 16.1 Å². The minimum atomic E-state index is -3.63. The highest BCUT2D eigenvalue weighted by Gasteiger charge is 2.25. The van der Waals surface area contributed by atoms with Crippen LogP contribution >= 0.6 is 0 Å². The molecule has 2 N–H and O–H groups in total. The van der Waals surface area contributed by atoms with E-state index >= 15 is 0 Å². The fraction of sp³-hybridized carbons (Fsp3) is 0.458. The lowest BCUT2D eigenvalue weighted by atomic mass is 10.2. The summed E-state index contributed by atoms with van der Waals surface area (Å²) >= 11 is 0. The van der Waals surface area contributed by atoms with Gasteiger partial charge in [0.15, 0.2) is 0 Å². The molecule has 2 aromatic rings. The average Bonchev–Trinajstić information content (AvgIpc) is 2.81. The Morgan fingerprint density at radius 3 is 2.45 bits per heavy atom. The Kier molecular flexibility index (Phi) is 8.34. The molecule has 1 heterocycles. The number of sulfonamides is 1. The van der Waals surface area contributed by atoms with Crippen molar-refractivity contribution in [1.82, 2.24) is 4.31 Å². The number of para-hydroxylation sites is 2. The van der Waals surface area contributed by atoms with Gasteiger partial charge >= 0.3 is 0 Å². The standard InChI is InChI=1S/C24H34N4O4S/c1-5-28(6-2)33(30,31)23-17-20(12-11-18(23)3)26-24(29)19(4)25-21-9-7-8-10-22(21)27-13-15-32-16-14-27/h7-12,17,19,25H,5-6,13-16H2,1-4H3,(H,26,29)/t19-/m0/s1. The van der Waals surface area contributed by atoms with E-state index in [1.54, 1.807) is 26.0 Å². The van der Waals surface area contributed by atoms with Gasteiger partial charge in [0.05, 0.1) is 29.5 Å². The van der Waals surface area contributed by atoms with E-state index in [1.807, 2.05) is 38.1 Å². The van der Waals surface area contributed by atoms with Gasteiger partial charge in [0.25, 0.3) is 0 Å². The summed E-state index contributed by atoms with van der Waals surface area (Å²) < 4.78 is 32.9. The summed E-state index contributed by atoms with van der Waals surface area (Å²) in [6, 6.07) is 12.3. The van der Waals surface area contributed by atoms with Crippen LogP contribution in [0.15, 0.2) is 47.4 Å². The van der Waals surface area contributed by atoms with Crippen LogP contribution in [-0.2, 0) is 19.6 Å². The lowest BCUT2D eigenvalue weighted by molar-refractivity contribution is -0.116. The minimum absolute atomic E-state index is 0.210. The maximum Gasteiger partial charge on any atom is 0.246 e. The number of aryl methyl sites for hydroxylation is 1. The second-order valence-electron chi connectivity index (χ2n) is 8.04. The number of anilines is 3. The Hall–Kier alpha value is -2.62. The van der Waals surface area contributed by atoms with Crippen LogP contribution in [-0.4, -0.2) is 64.1 Å². The first-order valence-corrected chi connectivity index (χ1v) is 12.8. The van der Waals surface area contributed by atoms with Crippen LogP contribution in [0.5, 0.6) is 0 Å². The molecule has 0 aliphatic carbocycles. The smallest absolute Gasteiger partial charge is 0.246 e. The first-order chi connectivity index (χ1) is 15.8. The molecular formula is C24H34N4O4S. The number of benzene rings is 2. The van der Waals surface area contributed by atoms with Crippen molar-refractivity contribution in [2.24, 2.45) is 0 Å². The summed E-state index contributed by atoms with van der Waals surface area (Å²) in [4.78, 5) is 15.4. The van der Waals surface area contributed by atoms with E-state index in [-0.39, 0.29) is 10.8 Å². The predicted molar refractivity (Wildman–Crippen MR) is 132 cm³/mol. The second kappa shape index (κ2) is 11.0. The van der Waals surface area contributed by atoms with Gasteiger partial charge in [0, 0.05) is 31.9 Å². The van der Waals surface area contributed by atoms with Gasteiger partial charge in [-0.25, -0.2) is 8.42 Å². The van der Waals surface area contributed by atoms with Gasteiger partial charge in [0.1, 0.15) is 6.04 Å². The highest BCUT2D eigenvalue weighted by molar-refractivity contribution is 7.89. The Bertz CT molecular complexity index is 1060. The highest BCUT2D eigenvalue weighted by Crippen LogP contribution is 2.28. The number of ether oxygens (including phenoxy) is 1. The molecule has 0 unspecified atom stereocenters. The maximum absolute atomic E-state index is 13.0. The first-order valence-electron chi connectivity index (χ1n) is 11.4. The highest BCUT2D eigenvalue weighted by atomic mass is 32.2. The third-order valence-electron chi connectivity index (χ3n) is 5.80. The van der Waals surface area contributed by atoms with E-state index in [2.05, 4.69) is 15.5 Å². The fourth-order valence-corrected chi connectivity index (χ4v) is 5.59. The zero-order valence-electron chi connectivity index (χ0n) is 19.8. The quantitative estimate of drug-likeness (QED) is 0.580. The minimum Gasteiger partial charge on any atom is -0.378 e. The van der Waals surface area contributed by atoms with Crippen LogP contribution in [0.2, 0.25) is 0 Å². The molecule has 1 atom stereocenters. The normalized spacial score (nSPS) is 15.4. The molecule has 1 saturated heterocycles. The fourth-order valence-electron chi connectivity index (χ4n) is 3.88. The van der Waals surface area contributed by atoms with E-state index in [4.69, 9.17) is 4.74 Å². The molecule has 0 spiro atoms. The summed E-state index contributed by atoms with van der Waals surface area (Å²) in [7, 11) is -3.63. The Balaban J connectivity index is 1.75. The molecule has 180 valence electrons. The summed E-state index contributed by atoms with van der Waals surface area (Å²) in [6.45, 7) is 10.9. The van der Waals surface area contributed by atoms with Gasteiger partial charge in [-0.2, -0.15) is 4.31 Å². The van der Waals surface area contributed by atoms with Crippen molar-refractivity contribution >= 4 is 33.0 Å². The number of hydrogen-bond donors (Lipinski definition) is 2. The molecule has 3 rings (SSSR count). The molecule has 1 fully saturated rings. The molecule has 0 bridgehead atoms. The van der Waals surface area contributed by atoms with Crippen LogP contribution in [0.1, 0.15) is 26.3 Å².